The lowest BCUT2D eigenvalue weighted by atomic mass is 10.1. The van der Waals surface area contributed by atoms with Gasteiger partial charge in [-0.3, -0.25) is 13.9 Å². The third-order valence-electron chi connectivity index (χ3n) is 6.17. The molecule has 1 N–H and O–H groups in total. The second kappa shape index (κ2) is 12.7. The standard InChI is InChI=1S/C30H36ClN3O5S/c1-21-11-17-25(18-12-21)40(37,38)34(26-9-7-8-10-27(26)39-6)20-28(35)33(19-23-13-15-24(31)16-14-23)22(2)29(36)32-30(3,4)5/h7-18,22H,19-20H2,1-6H3,(H,32,36)/t22-/m0/s1. The quantitative estimate of drug-likeness (QED) is 0.353. The van der Waals surface area contributed by atoms with Crippen LogP contribution in [0.3, 0.4) is 0 Å². The van der Waals surface area contributed by atoms with Gasteiger partial charge >= 0.3 is 0 Å². The number of nitrogens with one attached hydrogen (secondary N) is 1. The zero-order chi connectivity index (χ0) is 29.7. The number of nitrogens with zero attached hydrogens (tertiary/aromatic N) is 2. The Balaban J connectivity index is 2.07. The molecule has 0 unspecified atom stereocenters. The molecular weight excluding hydrogens is 550 g/mol. The third-order valence-corrected chi connectivity index (χ3v) is 8.20. The van der Waals surface area contributed by atoms with Crippen molar-refractivity contribution in [2.45, 2.75) is 57.6 Å². The Morgan fingerprint density at radius 2 is 1.57 bits per heavy atom. The molecule has 0 aliphatic heterocycles. The summed E-state index contributed by atoms with van der Waals surface area (Å²) in [6, 6.07) is 19.0. The lowest BCUT2D eigenvalue weighted by molar-refractivity contribution is -0.140. The van der Waals surface area contributed by atoms with Gasteiger partial charge in [0.15, 0.2) is 0 Å². The number of carbonyl (C=O) groups is 2. The van der Waals surface area contributed by atoms with E-state index in [1.54, 1.807) is 67.6 Å². The monoisotopic (exact) mass is 585 g/mol. The molecule has 2 amide bonds. The SMILES string of the molecule is COc1ccccc1N(CC(=O)N(Cc1ccc(Cl)cc1)[C@@H](C)C(=O)NC(C)(C)C)S(=O)(=O)c1ccc(C)cc1. The fourth-order valence-corrected chi connectivity index (χ4v) is 5.58. The predicted molar refractivity (Wildman–Crippen MR) is 158 cm³/mol. The summed E-state index contributed by atoms with van der Waals surface area (Å²) in [7, 11) is -2.76. The summed E-state index contributed by atoms with van der Waals surface area (Å²) in [6.07, 6.45) is 0. The highest BCUT2D eigenvalue weighted by Gasteiger charge is 2.34. The first-order valence-electron chi connectivity index (χ1n) is 12.8. The van der Waals surface area contributed by atoms with Crippen molar-refractivity contribution >= 4 is 39.1 Å². The Morgan fingerprint density at radius 3 is 2.15 bits per heavy atom. The second-order valence-electron chi connectivity index (χ2n) is 10.6. The van der Waals surface area contributed by atoms with E-state index in [-0.39, 0.29) is 28.8 Å². The molecule has 0 bridgehead atoms. The summed E-state index contributed by atoms with van der Waals surface area (Å²) in [5, 5.41) is 3.44. The maximum Gasteiger partial charge on any atom is 0.264 e. The summed E-state index contributed by atoms with van der Waals surface area (Å²) in [5.74, 6) is -0.637. The minimum atomic E-state index is -4.20. The lowest BCUT2D eigenvalue weighted by Gasteiger charge is -2.33. The van der Waals surface area contributed by atoms with E-state index < -0.39 is 34.1 Å². The highest BCUT2D eigenvalue weighted by molar-refractivity contribution is 7.92. The number of rotatable bonds is 10. The molecule has 0 aromatic heterocycles. The molecule has 40 heavy (non-hydrogen) atoms. The van der Waals surface area contributed by atoms with Crippen LogP contribution in [0.4, 0.5) is 5.69 Å². The van der Waals surface area contributed by atoms with Crippen molar-refractivity contribution in [3.8, 4) is 5.75 Å². The van der Waals surface area contributed by atoms with Crippen LogP contribution in [0.2, 0.25) is 5.02 Å². The number of amides is 2. The minimum absolute atomic E-state index is 0.0274. The van der Waals surface area contributed by atoms with Gasteiger partial charge in [0.05, 0.1) is 17.7 Å². The molecule has 3 aromatic rings. The van der Waals surface area contributed by atoms with Crippen molar-refractivity contribution in [3.63, 3.8) is 0 Å². The molecule has 0 heterocycles. The zero-order valence-electron chi connectivity index (χ0n) is 23.6. The summed E-state index contributed by atoms with van der Waals surface area (Å²) >= 11 is 6.05. The van der Waals surface area contributed by atoms with E-state index in [1.165, 1.54) is 24.1 Å². The van der Waals surface area contributed by atoms with E-state index >= 15 is 0 Å². The lowest BCUT2D eigenvalue weighted by Crippen LogP contribution is -2.54. The van der Waals surface area contributed by atoms with Gasteiger partial charge in [-0.1, -0.05) is 53.6 Å². The minimum Gasteiger partial charge on any atom is -0.495 e. The molecule has 214 valence electrons. The third kappa shape index (κ3) is 7.76. The van der Waals surface area contributed by atoms with Gasteiger partial charge in [0.25, 0.3) is 10.0 Å². The number of hydrogen-bond acceptors (Lipinski definition) is 5. The Bertz CT molecular complexity index is 1440. The summed E-state index contributed by atoms with van der Waals surface area (Å²) < 4.78 is 34.4. The number of para-hydroxylation sites is 2. The van der Waals surface area contributed by atoms with Crippen LogP contribution >= 0.6 is 11.6 Å². The molecule has 0 spiro atoms. The van der Waals surface area contributed by atoms with Crippen LogP contribution in [-0.4, -0.2) is 50.4 Å². The molecule has 0 aliphatic rings. The largest absolute Gasteiger partial charge is 0.495 e. The van der Waals surface area contributed by atoms with Crippen molar-refractivity contribution in [1.82, 2.24) is 10.2 Å². The second-order valence-corrected chi connectivity index (χ2v) is 12.9. The van der Waals surface area contributed by atoms with Gasteiger partial charge in [-0.2, -0.15) is 0 Å². The van der Waals surface area contributed by atoms with Gasteiger partial charge < -0.3 is 15.0 Å². The molecule has 0 radical (unpaired) electrons. The summed E-state index contributed by atoms with van der Waals surface area (Å²) in [5.41, 5.74) is 1.31. The van der Waals surface area contributed by atoms with Crippen molar-refractivity contribution < 1.29 is 22.7 Å². The van der Waals surface area contributed by atoms with Crippen molar-refractivity contribution in [1.29, 1.82) is 0 Å². The first kappa shape index (κ1) is 31.0. The number of hydrogen-bond donors (Lipinski definition) is 1. The van der Waals surface area contributed by atoms with Crippen LogP contribution in [0, 0.1) is 6.92 Å². The van der Waals surface area contributed by atoms with Gasteiger partial charge in [-0.25, -0.2) is 8.42 Å². The topological polar surface area (TPSA) is 96.0 Å². The Morgan fingerprint density at radius 1 is 0.975 bits per heavy atom. The first-order chi connectivity index (χ1) is 18.7. The van der Waals surface area contributed by atoms with Crippen LogP contribution in [0.15, 0.2) is 77.7 Å². The average molecular weight is 586 g/mol. The number of ether oxygens (including phenoxy) is 1. The van der Waals surface area contributed by atoms with E-state index in [4.69, 9.17) is 16.3 Å². The maximum atomic E-state index is 14.0. The van der Waals surface area contributed by atoms with Crippen LogP contribution in [0.5, 0.6) is 5.75 Å². The average Bonchev–Trinajstić information content (AvgIpc) is 2.90. The van der Waals surface area contributed by atoms with Gasteiger partial charge in [0, 0.05) is 17.1 Å². The van der Waals surface area contributed by atoms with Gasteiger partial charge in [-0.15, -0.1) is 0 Å². The van der Waals surface area contributed by atoms with Crippen LogP contribution < -0.4 is 14.4 Å². The molecule has 10 heteroatoms. The number of benzene rings is 3. The predicted octanol–water partition coefficient (Wildman–Crippen LogP) is 5.18. The molecular formula is C30H36ClN3O5S. The van der Waals surface area contributed by atoms with Gasteiger partial charge in [0.1, 0.15) is 18.3 Å². The molecule has 3 aromatic carbocycles. The number of aryl methyl sites for hydroxylation is 1. The Hall–Kier alpha value is -3.56. The number of anilines is 1. The summed E-state index contributed by atoms with van der Waals surface area (Å²) in [4.78, 5) is 28.6. The van der Waals surface area contributed by atoms with E-state index in [0.717, 1.165) is 15.4 Å². The van der Waals surface area contributed by atoms with Crippen LogP contribution in [-0.2, 0) is 26.2 Å². The van der Waals surface area contributed by atoms with Crippen LogP contribution in [0.1, 0.15) is 38.8 Å². The molecule has 8 nitrogen and oxygen atoms in total. The van der Waals surface area contributed by atoms with Crippen molar-refractivity contribution in [3.05, 3.63) is 88.9 Å². The summed E-state index contributed by atoms with van der Waals surface area (Å²) in [6.45, 7) is 8.53. The zero-order valence-corrected chi connectivity index (χ0v) is 25.2. The molecule has 0 saturated carbocycles. The highest BCUT2D eigenvalue weighted by Crippen LogP contribution is 2.32. The van der Waals surface area contributed by atoms with E-state index in [9.17, 15) is 18.0 Å². The van der Waals surface area contributed by atoms with E-state index in [0.29, 0.717) is 5.02 Å². The van der Waals surface area contributed by atoms with Gasteiger partial charge in [0.2, 0.25) is 11.8 Å². The number of sulfonamides is 1. The maximum absolute atomic E-state index is 14.0. The number of carbonyl (C=O) groups excluding carboxylic acids is 2. The molecule has 1 atom stereocenters. The van der Waals surface area contributed by atoms with E-state index in [2.05, 4.69) is 5.32 Å². The fraction of sp³-hybridized carbons (Fsp3) is 0.333. The fourth-order valence-electron chi connectivity index (χ4n) is 4.03. The van der Waals surface area contributed by atoms with Gasteiger partial charge in [-0.05, 0) is 76.6 Å². The normalized spacial score (nSPS) is 12.4. The Kier molecular flexibility index (Phi) is 9.87. The van der Waals surface area contributed by atoms with Crippen LogP contribution in [0.25, 0.3) is 0 Å². The number of halogens is 1. The number of methoxy groups -OCH3 is 1. The first-order valence-corrected chi connectivity index (χ1v) is 14.6. The molecule has 0 saturated heterocycles. The molecule has 0 aliphatic carbocycles. The van der Waals surface area contributed by atoms with Crippen molar-refractivity contribution in [2.75, 3.05) is 18.0 Å². The Labute approximate surface area is 241 Å². The van der Waals surface area contributed by atoms with Crippen molar-refractivity contribution in [2.24, 2.45) is 0 Å². The molecule has 0 fully saturated rings. The molecule has 3 rings (SSSR count). The van der Waals surface area contributed by atoms with E-state index in [1.807, 2.05) is 27.7 Å². The smallest absolute Gasteiger partial charge is 0.264 e. The highest BCUT2D eigenvalue weighted by atomic mass is 35.5.